The highest BCUT2D eigenvalue weighted by Crippen LogP contribution is 2.45. The molecule has 0 radical (unpaired) electrons. The van der Waals surface area contributed by atoms with Crippen molar-refractivity contribution in [2.75, 3.05) is 18.4 Å². The van der Waals surface area contributed by atoms with Gasteiger partial charge in [0.15, 0.2) is 5.66 Å². The minimum atomic E-state index is -0.587. The molecule has 2 aromatic rings. The maximum atomic E-state index is 12.4. The summed E-state index contributed by atoms with van der Waals surface area (Å²) in [7, 11) is 0. The first-order valence-electron chi connectivity index (χ1n) is 6.39. The molecule has 20 heavy (non-hydrogen) atoms. The van der Waals surface area contributed by atoms with Gasteiger partial charge in [0.25, 0.3) is 0 Å². The van der Waals surface area contributed by atoms with Gasteiger partial charge >= 0.3 is 6.03 Å². The fourth-order valence-electron chi connectivity index (χ4n) is 3.05. The highest BCUT2D eigenvalue weighted by Gasteiger charge is 2.51. The maximum absolute atomic E-state index is 12.4. The van der Waals surface area contributed by atoms with Crippen molar-refractivity contribution >= 4 is 34.7 Å². The third-order valence-electron chi connectivity index (χ3n) is 3.86. The van der Waals surface area contributed by atoms with Crippen molar-refractivity contribution < 1.29 is 4.79 Å². The number of amides is 2. The predicted molar refractivity (Wildman–Crippen MR) is 80.3 cm³/mol. The Labute approximate surface area is 125 Å². The number of hydrogen-bond donors (Lipinski definition) is 2. The summed E-state index contributed by atoms with van der Waals surface area (Å²) in [5.74, 6) is 0. The fraction of sp³-hybridized carbons (Fsp3) is 0.214. The molecule has 2 amide bonds. The lowest BCUT2D eigenvalue weighted by molar-refractivity contribution is 0.168. The van der Waals surface area contributed by atoms with Crippen LogP contribution in [-0.4, -0.2) is 24.0 Å². The number of halogens is 1. The van der Waals surface area contributed by atoms with Gasteiger partial charge < -0.3 is 5.32 Å². The van der Waals surface area contributed by atoms with E-state index in [4.69, 9.17) is 11.6 Å². The minimum absolute atomic E-state index is 0.0711. The van der Waals surface area contributed by atoms with Gasteiger partial charge in [-0.15, -0.1) is 11.3 Å². The second-order valence-corrected chi connectivity index (χ2v) is 6.27. The summed E-state index contributed by atoms with van der Waals surface area (Å²) in [4.78, 5) is 15.3. The zero-order valence-electron chi connectivity index (χ0n) is 10.5. The number of fused-ring (bicyclic) bond motifs is 3. The second kappa shape index (κ2) is 4.22. The summed E-state index contributed by atoms with van der Waals surface area (Å²) in [5.41, 5.74) is 1.24. The Bertz CT molecular complexity index is 688. The van der Waals surface area contributed by atoms with E-state index in [1.165, 1.54) is 0 Å². The summed E-state index contributed by atoms with van der Waals surface area (Å²) in [6.45, 7) is 1.44. The van der Waals surface area contributed by atoms with E-state index < -0.39 is 5.66 Å². The van der Waals surface area contributed by atoms with Crippen LogP contribution < -0.4 is 10.6 Å². The van der Waals surface area contributed by atoms with Crippen LogP contribution in [0, 0.1) is 0 Å². The molecule has 1 fully saturated rings. The molecule has 6 heteroatoms. The number of urea groups is 1. The van der Waals surface area contributed by atoms with Crippen molar-refractivity contribution in [2.45, 2.75) is 5.66 Å². The van der Waals surface area contributed by atoms with E-state index in [2.05, 4.69) is 16.7 Å². The lowest BCUT2D eigenvalue weighted by Crippen LogP contribution is -2.56. The van der Waals surface area contributed by atoms with E-state index in [1.807, 2.05) is 28.5 Å². The van der Waals surface area contributed by atoms with Crippen LogP contribution in [0.3, 0.4) is 0 Å². The molecule has 0 aliphatic carbocycles. The van der Waals surface area contributed by atoms with Crippen molar-refractivity contribution in [3.05, 3.63) is 51.2 Å². The smallest absolute Gasteiger partial charge is 0.307 e. The third kappa shape index (κ3) is 1.48. The first kappa shape index (κ1) is 12.2. The molecule has 4 nitrogen and oxygen atoms in total. The maximum Gasteiger partial charge on any atom is 0.323 e. The van der Waals surface area contributed by atoms with Crippen molar-refractivity contribution in [1.82, 2.24) is 10.2 Å². The number of nitrogens with one attached hydrogen (secondary N) is 2. The lowest BCUT2D eigenvalue weighted by atomic mass is 9.93. The Morgan fingerprint density at radius 2 is 2.25 bits per heavy atom. The van der Waals surface area contributed by atoms with E-state index in [0.29, 0.717) is 11.6 Å². The largest absolute Gasteiger partial charge is 0.323 e. The molecule has 0 saturated carbocycles. The molecule has 0 bridgehead atoms. The molecular weight excluding hydrogens is 294 g/mol. The summed E-state index contributed by atoms with van der Waals surface area (Å²) < 4.78 is 0. The number of thiophene rings is 1. The highest BCUT2D eigenvalue weighted by molar-refractivity contribution is 7.10. The first-order valence-corrected chi connectivity index (χ1v) is 7.65. The predicted octanol–water partition coefficient (Wildman–Crippen LogP) is 3.05. The summed E-state index contributed by atoms with van der Waals surface area (Å²) in [6, 6.07) is 9.58. The summed E-state index contributed by atoms with van der Waals surface area (Å²) in [5, 5.41) is 9.14. The molecule has 2 aliphatic rings. The van der Waals surface area contributed by atoms with Gasteiger partial charge in [-0.25, -0.2) is 4.79 Å². The van der Waals surface area contributed by atoms with Gasteiger partial charge in [-0.2, -0.15) is 0 Å². The molecule has 2 N–H and O–H groups in total. The number of nitrogens with zero attached hydrogens (tertiary/aromatic N) is 1. The molecule has 1 unspecified atom stereocenters. The van der Waals surface area contributed by atoms with E-state index >= 15 is 0 Å². The molecule has 4 rings (SSSR count). The van der Waals surface area contributed by atoms with Gasteiger partial charge in [-0.1, -0.05) is 17.7 Å². The normalized spacial score (nSPS) is 24.2. The second-order valence-electron chi connectivity index (χ2n) is 4.89. The van der Waals surface area contributed by atoms with Crippen LogP contribution in [0.15, 0.2) is 35.7 Å². The van der Waals surface area contributed by atoms with Gasteiger partial charge in [-0.3, -0.25) is 10.2 Å². The molecular formula is C14H12ClN3OS. The molecule has 2 aliphatic heterocycles. The number of rotatable bonds is 1. The van der Waals surface area contributed by atoms with Crippen LogP contribution in [0.2, 0.25) is 5.02 Å². The van der Waals surface area contributed by atoms with E-state index in [0.717, 1.165) is 22.7 Å². The topological polar surface area (TPSA) is 44.4 Å². The number of hydrogen-bond acceptors (Lipinski definition) is 3. The van der Waals surface area contributed by atoms with Crippen LogP contribution in [-0.2, 0) is 5.66 Å². The summed E-state index contributed by atoms with van der Waals surface area (Å²) in [6.07, 6.45) is 0. The highest BCUT2D eigenvalue weighted by atomic mass is 35.5. The van der Waals surface area contributed by atoms with Crippen LogP contribution in [0.1, 0.15) is 10.4 Å². The van der Waals surface area contributed by atoms with Crippen molar-refractivity contribution in [1.29, 1.82) is 0 Å². The molecule has 102 valence electrons. The fourth-order valence-corrected chi connectivity index (χ4v) is 4.15. The zero-order chi connectivity index (χ0) is 13.7. The molecule has 3 heterocycles. The summed E-state index contributed by atoms with van der Waals surface area (Å²) >= 11 is 7.81. The van der Waals surface area contributed by atoms with E-state index in [-0.39, 0.29) is 6.03 Å². The van der Waals surface area contributed by atoms with Gasteiger partial charge in [0.05, 0.1) is 0 Å². The average Bonchev–Trinajstić information content (AvgIpc) is 3.09. The van der Waals surface area contributed by atoms with E-state index in [9.17, 15) is 4.79 Å². The van der Waals surface area contributed by atoms with Crippen molar-refractivity contribution in [3.63, 3.8) is 0 Å². The minimum Gasteiger partial charge on any atom is -0.307 e. The SMILES string of the molecule is O=C1Nc2ccc(Cl)cc2C2(c3cccs3)NCCN12. The Hall–Kier alpha value is -1.56. The molecule has 1 atom stereocenters. The average molecular weight is 306 g/mol. The molecule has 1 saturated heterocycles. The Kier molecular flexibility index (Phi) is 2.57. The number of carbonyl (C=O) groups excluding carboxylic acids is 1. The van der Waals surface area contributed by atoms with Crippen LogP contribution in [0.4, 0.5) is 10.5 Å². The number of anilines is 1. The number of carbonyl (C=O) groups is 1. The van der Waals surface area contributed by atoms with Crippen molar-refractivity contribution in [3.8, 4) is 0 Å². The third-order valence-corrected chi connectivity index (χ3v) is 5.07. The first-order chi connectivity index (χ1) is 9.72. The van der Waals surface area contributed by atoms with Gasteiger partial charge in [-0.05, 0) is 29.6 Å². The van der Waals surface area contributed by atoms with Crippen LogP contribution in [0.5, 0.6) is 0 Å². The van der Waals surface area contributed by atoms with Crippen LogP contribution >= 0.6 is 22.9 Å². The van der Waals surface area contributed by atoms with Gasteiger partial charge in [0, 0.05) is 34.2 Å². The molecule has 0 spiro atoms. The molecule has 1 aromatic heterocycles. The number of benzene rings is 1. The van der Waals surface area contributed by atoms with Crippen LogP contribution in [0.25, 0.3) is 0 Å². The quantitative estimate of drug-likeness (QED) is 0.850. The Morgan fingerprint density at radius 3 is 3.05 bits per heavy atom. The van der Waals surface area contributed by atoms with Crippen molar-refractivity contribution in [2.24, 2.45) is 0 Å². The zero-order valence-corrected chi connectivity index (χ0v) is 12.1. The Balaban J connectivity index is 2.03. The monoisotopic (exact) mass is 305 g/mol. The molecule has 1 aromatic carbocycles. The lowest BCUT2D eigenvalue weighted by Gasteiger charge is -2.42. The van der Waals surface area contributed by atoms with Gasteiger partial charge in [0.1, 0.15) is 0 Å². The standard InChI is InChI=1S/C14H12ClN3OS/c15-9-3-4-11-10(8-9)14(12-2-1-7-20-12)16-5-6-18(14)13(19)17-11/h1-4,7-8,16H,5-6H2,(H,17,19). The van der Waals surface area contributed by atoms with Gasteiger partial charge in [0.2, 0.25) is 0 Å². The van der Waals surface area contributed by atoms with E-state index in [1.54, 1.807) is 17.4 Å². The Morgan fingerprint density at radius 1 is 1.35 bits per heavy atom.